The number of likely N-dealkylation sites (tertiary alicyclic amines) is 1. The van der Waals surface area contributed by atoms with Gasteiger partial charge in [-0.3, -0.25) is 4.79 Å². The second-order valence-corrected chi connectivity index (χ2v) is 7.64. The van der Waals surface area contributed by atoms with E-state index in [4.69, 9.17) is 17.7 Å². The van der Waals surface area contributed by atoms with E-state index in [1.54, 1.807) is 38.1 Å². The highest BCUT2D eigenvalue weighted by Crippen LogP contribution is 2.20. The van der Waals surface area contributed by atoms with Crippen molar-refractivity contribution in [3.63, 3.8) is 0 Å². The Balaban J connectivity index is 2.19. The molecule has 1 heterocycles. The fourth-order valence-electron chi connectivity index (χ4n) is 2.97. The lowest BCUT2D eigenvalue weighted by Crippen LogP contribution is -2.53. The van der Waals surface area contributed by atoms with Crippen LogP contribution in [0.5, 0.6) is 0 Å². The highest BCUT2D eigenvalue weighted by Gasteiger charge is 2.38. The third-order valence-corrected chi connectivity index (χ3v) is 4.39. The van der Waals surface area contributed by atoms with Gasteiger partial charge in [-0.1, -0.05) is 23.7 Å². The van der Waals surface area contributed by atoms with Gasteiger partial charge in [-0.15, -0.1) is 0 Å². The molecule has 0 aromatic heterocycles. The summed E-state index contributed by atoms with van der Waals surface area (Å²) in [7, 11) is 0. The Bertz CT molecular complexity index is 726. The normalized spacial score (nSPS) is 18.6. The molecule has 0 spiro atoms. The van der Waals surface area contributed by atoms with Gasteiger partial charge in [0.1, 0.15) is 17.7 Å². The fraction of sp³-hybridized carbons (Fsp3) is 0.526. The van der Waals surface area contributed by atoms with Gasteiger partial charge in [-0.25, -0.2) is 9.59 Å². The highest BCUT2D eigenvalue weighted by molar-refractivity contribution is 6.30. The lowest BCUT2D eigenvalue weighted by Gasteiger charge is -2.28. The molecule has 7 nitrogen and oxygen atoms in total. The molecule has 2 atom stereocenters. The van der Waals surface area contributed by atoms with Crippen LogP contribution in [0.15, 0.2) is 24.3 Å². The van der Waals surface area contributed by atoms with Crippen molar-refractivity contribution in [2.75, 3.05) is 6.54 Å². The Morgan fingerprint density at radius 2 is 2.07 bits per heavy atom. The van der Waals surface area contributed by atoms with Crippen molar-refractivity contribution < 1.29 is 25.6 Å². The third-order valence-electron chi connectivity index (χ3n) is 4.13. The summed E-state index contributed by atoms with van der Waals surface area (Å²) in [4.78, 5) is 38.0. The van der Waals surface area contributed by atoms with E-state index in [-0.39, 0.29) is 13.3 Å². The molecule has 0 saturated carbocycles. The summed E-state index contributed by atoms with van der Waals surface area (Å²) in [6.45, 7) is 3.37. The minimum Gasteiger partial charge on any atom is -0.480 e. The minimum absolute atomic E-state index is 0.135. The first-order chi connectivity index (χ1) is 13.1. The van der Waals surface area contributed by atoms with Crippen LogP contribution in [0.25, 0.3) is 0 Å². The molecular weight excluding hydrogens is 372 g/mol. The van der Waals surface area contributed by atoms with Crippen molar-refractivity contribution in [2.24, 2.45) is 0 Å². The number of carbonyl (C=O) groups is 3. The molecule has 148 valence electrons. The van der Waals surface area contributed by atoms with Crippen molar-refractivity contribution in [3.05, 3.63) is 34.9 Å². The number of ether oxygens (including phenoxy) is 1. The minimum atomic E-state index is -1.06. The molecule has 1 aromatic carbocycles. The summed E-state index contributed by atoms with van der Waals surface area (Å²) in [6, 6.07) is 4.94. The number of nitrogens with one attached hydrogen (secondary N) is 1. The molecule has 1 saturated heterocycles. The van der Waals surface area contributed by atoms with Gasteiger partial charge >= 0.3 is 12.1 Å². The maximum atomic E-state index is 13.0. The molecule has 0 aliphatic carbocycles. The van der Waals surface area contributed by atoms with Gasteiger partial charge in [0.15, 0.2) is 0 Å². The molecule has 27 heavy (non-hydrogen) atoms. The predicted octanol–water partition coefficient (Wildman–Crippen LogP) is 2.85. The topological polar surface area (TPSA) is 95.9 Å². The number of alkyl carbamates (subject to hydrolysis) is 1. The molecule has 1 aliphatic rings. The SMILES string of the molecule is [2H]CC(C)(C)OC(=O)N[C@@H](Cc1ccc(Cl)cc1)C(=O)N1CCC[C@H]1C(=O)O. The molecule has 0 unspecified atom stereocenters. The number of hydrogen-bond donors (Lipinski definition) is 2. The summed E-state index contributed by atoms with van der Waals surface area (Å²) in [5.74, 6) is -1.53. The summed E-state index contributed by atoms with van der Waals surface area (Å²) in [5.41, 5.74) is -0.247. The highest BCUT2D eigenvalue weighted by atomic mass is 35.5. The lowest BCUT2D eigenvalue weighted by atomic mass is 10.0. The van der Waals surface area contributed by atoms with Crippen molar-refractivity contribution in [2.45, 2.75) is 57.7 Å². The van der Waals surface area contributed by atoms with E-state index in [0.717, 1.165) is 5.56 Å². The van der Waals surface area contributed by atoms with Crippen LogP contribution >= 0.6 is 11.6 Å². The maximum Gasteiger partial charge on any atom is 0.408 e. The Morgan fingerprint density at radius 3 is 2.67 bits per heavy atom. The van der Waals surface area contributed by atoms with Crippen LogP contribution in [0.4, 0.5) is 4.79 Å². The average Bonchev–Trinajstić information content (AvgIpc) is 3.12. The van der Waals surface area contributed by atoms with Gasteiger partial charge in [-0.05, 0) is 51.3 Å². The van der Waals surface area contributed by atoms with Crippen LogP contribution in [0, 0.1) is 0 Å². The van der Waals surface area contributed by atoms with Crippen LogP contribution in [0.3, 0.4) is 0 Å². The molecular formula is C19H25ClN2O5. The second kappa shape index (κ2) is 8.61. The Kier molecular flexibility index (Phi) is 6.21. The number of amides is 2. The zero-order valence-corrected chi connectivity index (χ0v) is 16.2. The monoisotopic (exact) mass is 397 g/mol. The fourth-order valence-corrected chi connectivity index (χ4v) is 3.09. The molecule has 0 radical (unpaired) electrons. The van der Waals surface area contributed by atoms with E-state index in [9.17, 15) is 19.5 Å². The van der Waals surface area contributed by atoms with Crippen molar-refractivity contribution in [1.29, 1.82) is 0 Å². The number of hydrogen-bond acceptors (Lipinski definition) is 4. The number of rotatable bonds is 5. The van der Waals surface area contributed by atoms with Gasteiger partial charge in [0.2, 0.25) is 5.91 Å². The van der Waals surface area contributed by atoms with Gasteiger partial charge < -0.3 is 20.1 Å². The smallest absolute Gasteiger partial charge is 0.408 e. The van der Waals surface area contributed by atoms with Gasteiger partial charge in [0.05, 0.1) is 0 Å². The van der Waals surface area contributed by atoms with Crippen molar-refractivity contribution in [1.82, 2.24) is 10.2 Å². The number of benzene rings is 1. The summed E-state index contributed by atoms with van der Waals surface area (Å²) >= 11 is 5.89. The molecule has 1 aromatic rings. The van der Waals surface area contributed by atoms with E-state index >= 15 is 0 Å². The Hall–Kier alpha value is -2.28. The molecule has 8 heteroatoms. The standard InChI is InChI=1S/C19H25ClN2O5/c1-19(2,3)27-18(26)21-14(11-12-6-8-13(20)9-7-12)16(23)22-10-4-5-15(22)17(24)25/h6-9,14-15H,4-5,10-11H2,1-3H3,(H,21,26)(H,24,25)/t14-,15-/m0/s1/i1D. The maximum absolute atomic E-state index is 13.0. The van der Waals surface area contributed by atoms with Crippen LogP contribution in [-0.2, 0) is 20.7 Å². The Labute approximate surface area is 165 Å². The van der Waals surface area contributed by atoms with E-state index in [1.807, 2.05) is 0 Å². The van der Waals surface area contributed by atoms with Crippen LogP contribution in [-0.4, -0.2) is 52.2 Å². The number of halogens is 1. The van der Waals surface area contributed by atoms with E-state index in [1.165, 1.54) is 4.90 Å². The van der Waals surface area contributed by atoms with Crippen molar-refractivity contribution >= 4 is 29.6 Å². The summed E-state index contributed by atoms with van der Waals surface area (Å²) in [5, 5.41) is 12.4. The summed E-state index contributed by atoms with van der Waals surface area (Å²) in [6.07, 6.45) is 0.308. The lowest BCUT2D eigenvalue weighted by molar-refractivity contribution is -0.149. The molecule has 0 bridgehead atoms. The van der Waals surface area contributed by atoms with E-state index in [0.29, 0.717) is 24.4 Å². The molecule has 1 aliphatic heterocycles. The quantitative estimate of drug-likeness (QED) is 0.796. The average molecular weight is 398 g/mol. The Morgan fingerprint density at radius 1 is 1.41 bits per heavy atom. The molecule has 2 N–H and O–H groups in total. The zero-order chi connectivity index (χ0) is 20.9. The van der Waals surface area contributed by atoms with Crippen molar-refractivity contribution in [3.8, 4) is 0 Å². The molecule has 1 fully saturated rings. The summed E-state index contributed by atoms with van der Waals surface area (Å²) < 4.78 is 12.6. The first-order valence-corrected chi connectivity index (χ1v) is 9.07. The van der Waals surface area contributed by atoms with Gasteiger partial charge in [-0.2, -0.15) is 0 Å². The number of carboxylic acid groups (broad SMARTS) is 1. The van der Waals surface area contributed by atoms with E-state index in [2.05, 4.69) is 5.32 Å². The zero-order valence-electron chi connectivity index (χ0n) is 16.4. The largest absolute Gasteiger partial charge is 0.480 e. The predicted molar refractivity (Wildman–Crippen MR) is 101 cm³/mol. The number of carboxylic acids is 1. The number of aliphatic carboxylic acids is 1. The van der Waals surface area contributed by atoms with E-state index < -0.39 is 35.7 Å². The number of carbonyl (C=O) groups excluding carboxylic acids is 2. The third kappa shape index (κ3) is 6.13. The molecule has 2 amide bonds. The number of nitrogens with zero attached hydrogens (tertiary/aromatic N) is 1. The van der Waals surface area contributed by atoms with Crippen LogP contribution in [0.1, 0.15) is 40.5 Å². The molecule has 2 rings (SSSR count). The van der Waals surface area contributed by atoms with Crippen LogP contribution in [0.2, 0.25) is 5.02 Å². The first-order valence-electron chi connectivity index (χ1n) is 9.40. The first kappa shape index (κ1) is 19.5. The van der Waals surface area contributed by atoms with Gasteiger partial charge in [0.25, 0.3) is 0 Å². The van der Waals surface area contributed by atoms with Crippen LogP contribution < -0.4 is 5.32 Å². The van der Waals surface area contributed by atoms with Gasteiger partial charge in [0, 0.05) is 19.4 Å². The second-order valence-electron chi connectivity index (χ2n) is 7.20.